The molecule has 1 aromatic heterocycles. The molecule has 1 aromatic rings. The van der Waals surface area contributed by atoms with Crippen LogP contribution in [0.1, 0.15) is 33.4 Å². The van der Waals surface area contributed by atoms with Crippen LogP contribution in [-0.2, 0) is 0 Å². The van der Waals surface area contributed by atoms with Crippen LogP contribution in [0.5, 0.6) is 0 Å². The van der Waals surface area contributed by atoms with Gasteiger partial charge in [-0.1, -0.05) is 27.7 Å². The van der Waals surface area contributed by atoms with E-state index in [0.717, 1.165) is 23.7 Å². The largest absolute Gasteiger partial charge is 0.397 e. The minimum atomic E-state index is 0.315. The highest BCUT2D eigenvalue weighted by molar-refractivity contribution is 5.48. The van der Waals surface area contributed by atoms with E-state index >= 15 is 0 Å². The Kier molecular flexibility index (Phi) is 3.79. The van der Waals surface area contributed by atoms with Crippen molar-refractivity contribution in [3.8, 4) is 0 Å². The maximum absolute atomic E-state index is 5.72. The van der Waals surface area contributed by atoms with E-state index in [9.17, 15) is 0 Å². The van der Waals surface area contributed by atoms with Crippen LogP contribution >= 0.6 is 0 Å². The number of hydrogen-bond donors (Lipinski definition) is 2. The summed E-state index contributed by atoms with van der Waals surface area (Å²) in [6, 6.07) is 3.82. The third-order valence-corrected chi connectivity index (χ3v) is 3.19. The number of nitrogens with two attached hydrogens (primary N) is 1. The summed E-state index contributed by atoms with van der Waals surface area (Å²) < 4.78 is 0. The van der Waals surface area contributed by atoms with Crippen LogP contribution in [-0.4, -0.2) is 11.5 Å². The normalized spacial score (nSPS) is 13.6. The van der Waals surface area contributed by atoms with Gasteiger partial charge in [-0.2, -0.15) is 0 Å². The first-order valence-electron chi connectivity index (χ1n) is 5.77. The minimum Gasteiger partial charge on any atom is -0.397 e. The van der Waals surface area contributed by atoms with Crippen molar-refractivity contribution < 1.29 is 0 Å². The Morgan fingerprint density at radius 3 is 2.50 bits per heavy atom. The number of nitrogen functional groups attached to an aromatic ring is 1. The highest BCUT2D eigenvalue weighted by Gasteiger charge is 2.19. The van der Waals surface area contributed by atoms with Crippen molar-refractivity contribution in [2.75, 3.05) is 17.6 Å². The van der Waals surface area contributed by atoms with Crippen LogP contribution in [0, 0.1) is 18.3 Å². The summed E-state index contributed by atoms with van der Waals surface area (Å²) in [7, 11) is 0. The molecule has 1 atom stereocenters. The van der Waals surface area contributed by atoms with Gasteiger partial charge in [0.2, 0.25) is 0 Å². The summed E-state index contributed by atoms with van der Waals surface area (Å²) >= 11 is 0. The number of nitrogens with one attached hydrogen (secondary N) is 1. The number of nitrogens with zero attached hydrogens (tertiary/aromatic N) is 1. The Labute approximate surface area is 98.5 Å². The van der Waals surface area contributed by atoms with Gasteiger partial charge >= 0.3 is 0 Å². The molecule has 90 valence electrons. The molecule has 0 aliphatic rings. The van der Waals surface area contributed by atoms with E-state index in [1.54, 1.807) is 0 Å². The number of rotatable bonds is 3. The zero-order valence-corrected chi connectivity index (χ0v) is 11.0. The minimum absolute atomic E-state index is 0.315. The molecule has 1 heterocycles. The van der Waals surface area contributed by atoms with E-state index in [-0.39, 0.29) is 0 Å². The molecule has 0 aliphatic carbocycles. The maximum Gasteiger partial charge on any atom is 0.126 e. The van der Waals surface area contributed by atoms with E-state index in [0.29, 0.717) is 11.3 Å². The lowest BCUT2D eigenvalue weighted by Gasteiger charge is -2.27. The molecular weight excluding hydrogens is 198 g/mol. The summed E-state index contributed by atoms with van der Waals surface area (Å²) in [4.78, 5) is 4.39. The van der Waals surface area contributed by atoms with Crippen LogP contribution in [0.3, 0.4) is 0 Å². The predicted octanol–water partition coefficient (Wildman–Crippen LogP) is 3.07. The average molecular weight is 221 g/mol. The molecule has 0 bridgehead atoms. The molecule has 3 nitrogen and oxygen atoms in total. The predicted molar refractivity (Wildman–Crippen MR) is 70.5 cm³/mol. The van der Waals surface area contributed by atoms with Gasteiger partial charge in [-0.3, -0.25) is 0 Å². The molecule has 3 N–H and O–H groups in total. The highest BCUT2D eigenvalue weighted by Crippen LogP contribution is 2.25. The Balaban J connectivity index is 2.58. The second-order valence-electron chi connectivity index (χ2n) is 5.52. The Morgan fingerprint density at radius 1 is 1.38 bits per heavy atom. The fourth-order valence-electron chi connectivity index (χ4n) is 1.23. The molecule has 0 aromatic carbocycles. The number of pyridine rings is 1. The van der Waals surface area contributed by atoms with Gasteiger partial charge in [0, 0.05) is 6.54 Å². The molecule has 3 heteroatoms. The standard InChI is InChI=1S/C13H23N3/c1-9(13(3,4)5)8-15-12-7-6-11(14)10(2)16-12/h6-7,9H,8,14H2,1-5H3,(H,15,16). The van der Waals surface area contributed by atoms with Crippen molar-refractivity contribution >= 4 is 11.5 Å². The quantitative estimate of drug-likeness (QED) is 0.824. The van der Waals surface area contributed by atoms with Gasteiger partial charge in [0.25, 0.3) is 0 Å². The van der Waals surface area contributed by atoms with E-state index < -0.39 is 0 Å². The maximum atomic E-state index is 5.72. The summed E-state index contributed by atoms with van der Waals surface area (Å²) in [6.07, 6.45) is 0. The van der Waals surface area contributed by atoms with Gasteiger partial charge < -0.3 is 11.1 Å². The van der Waals surface area contributed by atoms with Gasteiger partial charge in [-0.05, 0) is 30.4 Å². The molecule has 0 fully saturated rings. The van der Waals surface area contributed by atoms with Gasteiger partial charge in [0.15, 0.2) is 0 Å². The molecule has 1 rings (SSSR count). The zero-order chi connectivity index (χ0) is 12.3. The molecule has 16 heavy (non-hydrogen) atoms. The van der Waals surface area contributed by atoms with E-state index in [1.807, 2.05) is 19.1 Å². The van der Waals surface area contributed by atoms with Crippen LogP contribution in [0.15, 0.2) is 12.1 Å². The first-order valence-corrected chi connectivity index (χ1v) is 5.77. The number of anilines is 2. The Morgan fingerprint density at radius 2 is 2.00 bits per heavy atom. The van der Waals surface area contributed by atoms with Crippen molar-refractivity contribution in [2.45, 2.75) is 34.6 Å². The van der Waals surface area contributed by atoms with E-state index in [4.69, 9.17) is 5.73 Å². The fourth-order valence-corrected chi connectivity index (χ4v) is 1.23. The zero-order valence-electron chi connectivity index (χ0n) is 11.0. The molecule has 0 spiro atoms. The van der Waals surface area contributed by atoms with E-state index in [2.05, 4.69) is 38.0 Å². The van der Waals surface area contributed by atoms with E-state index in [1.165, 1.54) is 0 Å². The van der Waals surface area contributed by atoms with Crippen molar-refractivity contribution in [3.05, 3.63) is 17.8 Å². The van der Waals surface area contributed by atoms with Crippen LogP contribution in [0.25, 0.3) is 0 Å². The van der Waals surface area contributed by atoms with Crippen LogP contribution in [0.2, 0.25) is 0 Å². The Bertz CT molecular complexity index is 353. The second-order valence-corrected chi connectivity index (χ2v) is 5.52. The molecule has 0 aliphatic heterocycles. The van der Waals surface area contributed by atoms with Crippen molar-refractivity contribution in [1.82, 2.24) is 4.98 Å². The topological polar surface area (TPSA) is 50.9 Å². The summed E-state index contributed by atoms with van der Waals surface area (Å²) in [6.45, 7) is 11.9. The van der Waals surface area contributed by atoms with Crippen LogP contribution in [0.4, 0.5) is 11.5 Å². The number of hydrogen-bond acceptors (Lipinski definition) is 3. The second kappa shape index (κ2) is 4.73. The SMILES string of the molecule is Cc1nc(NCC(C)C(C)(C)C)ccc1N. The van der Waals surface area contributed by atoms with Gasteiger partial charge in [-0.25, -0.2) is 4.98 Å². The van der Waals surface area contributed by atoms with Crippen LogP contribution < -0.4 is 11.1 Å². The first kappa shape index (κ1) is 12.8. The van der Waals surface area contributed by atoms with Gasteiger partial charge in [0.05, 0.1) is 11.4 Å². The summed E-state index contributed by atoms with van der Waals surface area (Å²) in [5.74, 6) is 1.50. The monoisotopic (exact) mass is 221 g/mol. The smallest absolute Gasteiger partial charge is 0.126 e. The van der Waals surface area contributed by atoms with Crippen molar-refractivity contribution in [1.29, 1.82) is 0 Å². The lowest BCUT2D eigenvalue weighted by atomic mass is 9.82. The average Bonchev–Trinajstić information content (AvgIpc) is 2.18. The van der Waals surface area contributed by atoms with Gasteiger partial charge in [0.1, 0.15) is 5.82 Å². The third kappa shape index (κ3) is 3.40. The summed E-state index contributed by atoms with van der Waals surface area (Å²) in [5.41, 5.74) is 7.67. The molecule has 0 saturated carbocycles. The highest BCUT2D eigenvalue weighted by atomic mass is 15.0. The molecule has 0 saturated heterocycles. The van der Waals surface area contributed by atoms with Crippen molar-refractivity contribution in [2.24, 2.45) is 11.3 Å². The molecule has 0 amide bonds. The summed E-state index contributed by atoms with van der Waals surface area (Å²) in [5, 5.41) is 3.35. The molecule has 1 unspecified atom stereocenters. The fraction of sp³-hybridized carbons (Fsp3) is 0.615. The van der Waals surface area contributed by atoms with Crippen molar-refractivity contribution in [3.63, 3.8) is 0 Å². The first-order chi connectivity index (χ1) is 7.30. The lowest BCUT2D eigenvalue weighted by molar-refractivity contribution is 0.274. The number of aromatic nitrogens is 1. The molecule has 0 radical (unpaired) electrons. The number of aryl methyl sites for hydroxylation is 1. The van der Waals surface area contributed by atoms with Gasteiger partial charge in [-0.15, -0.1) is 0 Å². The third-order valence-electron chi connectivity index (χ3n) is 3.19. The Hall–Kier alpha value is -1.25. The lowest BCUT2D eigenvalue weighted by Crippen LogP contribution is -2.25. The molecular formula is C13H23N3.